The van der Waals surface area contributed by atoms with Crippen molar-refractivity contribution < 1.29 is 8.42 Å². The highest BCUT2D eigenvalue weighted by atomic mass is 32.2. The minimum Gasteiger partial charge on any atom is -0.397 e. The van der Waals surface area contributed by atoms with Crippen LogP contribution in [0.2, 0.25) is 0 Å². The standard InChI is InChI=1S/C11H18N4O2S/c1-14-4-6-15(7-5-14)18(16,17)9-2-3-10(12)11(13)8-9/h2-3,8H,4-7,12-13H2,1H3. The van der Waals surface area contributed by atoms with E-state index in [0.29, 0.717) is 24.5 Å². The first-order valence-corrected chi connectivity index (χ1v) is 7.19. The van der Waals surface area contributed by atoms with Crippen LogP contribution in [0.1, 0.15) is 0 Å². The van der Waals surface area contributed by atoms with Gasteiger partial charge in [-0.15, -0.1) is 0 Å². The van der Waals surface area contributed by atoms with Crippen molar-refractivity contribution in [2.24, 2.45) is 0 Å². The van der Waals surface area contributed by atoms with Crippen LogP contribution in [-0.2, 0) is 10.0 Å². The maximum atomic E-state index is 12.4. The van der Waals surface area contributed by atoms with Crippen molar-refractivity contribution in [3.8, 4) is 0 Å². The van der Waals surface area contributed by atoms with E-state index in [4.69, 9.17) is 11.5 Å². The molecule has 1 aromatic rings. The highest BCUT2D eigenvalue weighted by molar-refractivity contribution is 7.89. The lowest BCUT2D eigenvalue weighted by atomic mass is 10.3. The van der Waals surface area contributed by atoms with Crippen molar-refractivity contribution in [3.63, 3.8) is 0 Å². The summed E-state index contributed by atoms with van der Waals surface area (Å²) < 4.78 is 26.2. The summed E-state index contributed by atoms with van der Waals surface area (Å²) in [5, 5.41) is 0. The van der Waals surface area contributed by atoms with E-state index in [1.807, 2.05) is 7.05 Å². The number of likely N-dealkylation sites (N-methyl/N-ethyl adjacent to an activating group) is 1. The quantitative estimate of drug-likeness (QED) is 0.725. The van der Waals surface area contributed by atoms with Gasteiger partial charge in [0.15, 0.2) is 0 Å². The van der Waals surface area contributed by atoms with Gasteiger partial charge in [0.25, 0.3) is 0 Å². The lowest BCUT2D eigenvalue weighted by molar-refractivity contribution is 0.222. The molecule has 0 atom stereocenters. The van der Waals surface area contributed by atoms with E-state index in [9.17, 15) is 8.42 Å². The third-order valence-corrected chi connectivity index (χ3v) is 5.05. The Labute approximate surface area is 107 Å². The molecule has 0 bridgehead atoms. The van der Waals surface area contributed by atoms with Crippen molar-refractivity contribution in [2.45, 2.75) is 4.90 Å². The average Bonchev–Trinajstić information content (AvgIpc) is 2.33. The maximum Gasteiger partial charge on any atom is 0.243 e. The highest BCUT2D eigenvalue weighted by Gasteiger charge is 2.27. The maximum absolute atomic E-state index is 12.4. The predicted octanol–water partition coefficient (Wildman–Crippen LogP) is -0.213. The van der Waals surface area contributed by atoms with Gasteiger partial charge in [-0.05, 0) is 25.2 Å². The second-order valence-electron chi connectivity index (χ2n) is 4.50. The van der Waals surface area contributed by atoms with Crippen LogP contribution in [0.25, 0.3) is 0 Å². The molecule has 0 aromatic heterocycles. The molecule has 7 heteroatoms. The van der Waals surface area contributed by atoms with Crippen LogP contribution in [0.4, 0.5) is 11.4 Å². The van der Waals surface area contributed by atoms with Crippen LogP contribution < -0.4 is 11.5 Å². The molecule has 0 amide bonds. The van der Waals surface area contributed by atoms with E-state index in [0.717, 1.165) is 13.1 Å². The van der Waals surface area contributed by atoms with Gasteiger partial charge in [0.1, 0.15) is 0 Å². The first-order valence-electron chi connectivity index (χ1n) is 5.75. The molecule has 0 saturated carbocycles. The third kappa shape index (κ3) is 2.43. The number of anilines is 2. The molecule has 0 radical (unpaired) electrons. The molecule has 1 aromatic carbocycles. The minimum absolute atomic E-state index is 0.207. The van der Waals surface area contributed by atoms with Crippen molar-refractivity contribution in [1.29, 1.82) is 0 Å². The Balaban J connectivity index is 2.27. The first kappa shape index (κ1) is 13.1. The lowest BCUT2D eigenvalue weighted by Gasteiger charge is -2.31. The van der Waals surface area contributed by atoms with Crippen molar-refractivity contribution >= 4 is 21.4 Å². The number of sulfonamides is 1. The Kier molecular flexibility index (Phi) is 3.47. The van der Waals surface area contributed by atoms with Crippen LogP contribution >= 0.6 is 0 Å². The van der Waals surface area contributed by atoms with Gasteiger partial charge in [0.05, 0.1) is 16.3 Å². The van der Waals surface area contributed by atoms with Gasteiger partial charge in [-0.2, -0.15) is 4.31 Å². The van der Waals surface area contributed by atoms with E-state index in [1.54, 1.807) is 0 Å². The monoisotopic (exact) mass is 270 g/mol. The molecule has 6 nitrogen and oxygen atoms in total. The molecule has 1 saturated heterocycles. The van der Waals surface area contributed by atoms with E-state index >= 15 is 0 Å². The number of hydrogen-bond donors (Lipinski definition) is 2. The zero-order valence-electron chi connectivity index (χ0n) is 10.3. The molecule has 4 N–H and O–H groups in total. The average molecular weight is 270 g/mol. The molecule has 1 aliphatic rings. The van der Waals surface area contributed by atoms with Gasteiger partial charge in [-0.3, -0.25) is 0 Å². The van der Waals surface area contributed by atoms with Crippen molar-refractivity contribution in [1.82, 2.24) is 9.21 Å². The lowest BCUT2D eigenvalue weighted by Crippen LogP contribution is -2.47. The fourth-order valence-electron chi connectivity index (χ4n) is 1.89. The number of rotatable bonds is 2. The van der Waals surface area contributed by atoms with Crippen LogP contribution in [-0.4, -0.2) is 50.8 Å². The van der Waals surface area contributed by atoms with Gasteiger partial charge in [0.2, 0.25) is 10.0 Å². The predicted molar refractivity (Wildman–Crippen MR) is 71.5 cm³/mol. The second-order valence-corrected chi connectivity index (χ2v) is 6.44. The minimum atomic E-state index is -3.45. The Hall–Kier alpha value is -1.31. The van der Waals surface area contributed by atoms with Gasteiger partial charge >= 0.3 is 0 Å². The van der Waals surface area contributed by atoms with E-state index in [-0.39, 0.29) is 4.90 Å². The van der Waals surface area contributed by atoms with E-state index < -0.39 is 10.0 Å². The van der Waals surface area contributed by atoms with Crippen LogP contribution in [0.5, 0.6) is 0 Å². The van der Waals surface area contributed by atoms with Gasteiger partial charge in [-0.1, -0.05) is 0 Å². The van der Waals surface area contributed by atoms with E-state index in [1.165, 1.54) is 22.5 Å². The SMILES string of the molecule is CN1CCN(S(=O)(=O)c2ccc(N)c(N)c2)CC1. The topological polar surface area (TPSA) is 92.7 Å². The zero-order chi connectivity index (χ0) is 13.3. The van der Waals surface area contributed by atoms with Crippen molar-refractivity contribution in [3.05, 3.63) is 18.2 Å². The zero-order valence-corrected chi connectivity index (χ0v) is 11.2. The summed E-state index contributed by atoms with van der Waals surface area (Å²) in [5.74, 6) is 0. The molecule has 100 valence electrons. The molecule has 1 aliphatic heterocycles. The molecule has 0 spiro atoms. The van der Waals surface area contributed by atoms with Gasteiger partial charge < -0.3 is 16.4 Å². The Bertz CT molecular complexity index is 536. The third-order valence-electron chi connectivity index (χ3n) is 3.16. The fraction of sp³-hybridized carbons (Fsp3) is 0.455. The second kappa shape index (κ2) is 4.75. The largest absolute Gasteiger partial charge is 0.397 e. The van der Waals surface area contributed by atoms with Crippen molar-refractivity contribution in [2.75, 3.05) is 44.7 Å². The van der Waals surface area contributed by atoms with Gasteiger partial charge in [-0.25, -0.2) is 8.42 Å². The summed E-state index contributed by atoms with van der Waals surface area (Å²) >= 11 is 0. The summed E-state index contributed by atoms with van der Waals surface area (Å²) in [5.41, 5.74) is 11.9. The molecule has 2 rings (SSSR count). The Morgan fingerprint density at radius 1 is 1.06 bits per heavy atom. The van der Waals surface area contributed by atoms with Crippen LogP contribution in [0.15, 0.2) is 23.1 Å². The summed E-state index contributed by atoms with van der Waals surface area (Å²) in [7, 11) is -1.48. The Morgan fingerprint density at radius 2 is 1.67 bits per heavy atom. The molecule has 0 aliphatic carbocycles. The Morgan fingerprint density at radius 3 is 2.22 bits per heavy atom. The first-order chi connectivity index (χ1) is 8.41. The number of benzene rings is 1. The summed E-state index contributed by atoms with van der Waals surface area (Å²) in [6, 6.07) is 4.45. The molecular formula is C11H18N4O2S. The highest BCUT2D eigenvalue weighted by Crippen LogP contribution is 2.23. The van der Waals surface area contributed by atoms with Crippen LogP contribution in [0.3, 0.4) is 0 Å². The van der Waals surface area contributed by atoms with E-state index in [2.05, 4.69) is 4.90 Å². The summed E-state index contributed by atoms with van der Waals surface area (Å²) in [6.45, 7) is 2.49. The number of hydrogen-bond acceptors (Lipinski definition) is 5. The molecule has 1 heterocycles. The number of piperazine rings is 1. The fourth-order valence-corrected chi connectivity index (χ4v) is 3.35. The molecular weight excluding hydrogens is 252 g/mol. The number of nitrogen functional groups attached to an aromatic ring is 2. The summed E-state index contributed by atoms with van der Waals surface area (Å²) in [4.78, 5) is 2.31. The molecule has 0 unspecified atom stereocenters. The number of nitrogens with zero attached hydrogens (tertiary/aromatic N) is 2. The smallest absolute Gasteiger partial charge is 0.243 e. The normalized spacial score (nSPS) is 18.9. The van der Waals surface area contributed by atoms with Gasteiger partial charge in [0, 0.05) is 26.2 Å². The number of nitrogens with two attached hydrogens (primary N) is 2. The molecule has 1 fully saturated rings. The van der Waals surface area contributed by atoms with Crippen LogP contribution in [0, 0.1) is 0 Å². The molecule has 18 heavy (non-hydrogen) atoms. The summed E-state index contributed by atoms with van der Waals surface area (Å²) in [6.07, 6.45) is 0.